The lowest BCUT2D eigenvalue weighted by atomic mass is 10.0. The van der Waals surface area contributed by atoms with E-state index in [1.54, 1.807) is 6.92 Å². The molecular formula is C19H25N3O4. The molecular weight excluding hydrogens is 334 g/mol. The first-order valence-electron chi connectivity index (χ1n) is 8.84. The highest BCUT2D eigenvalue weighted by Crippen LogP contribution is 2.20. The Morgan fingerprint density at radius 2 is 1.92 bits per heavy atom. The summed E-state index contributed by atoms with van der Waals surface area (Å²) in [6, 6.07) is 8.03. The third kappa shape index (κ3) is 5.98. The van der Waals surface area contributed by atoms with Crippen molar-refractivity contribution in [2.45, 2.75) is 46.0 Å². The largest absolute Gasteiger partial charge is 0.466 e. The van der Waals surface area contributed by atoms with Crippen molar-refractivity contribution in [3.05, 3.63) is 35.7 Å². The van der Waals surface area contributed by atoms with Crippen LogP contribution in [0.3, 0.4) is 0 Å². The summed E-state index contributed by atoms with van der Waals surface area (Å²) in [5.74, 6) is 0.895. The highest BCUT2D eigenvalue weighted by atomic mass is 16.5. The molecule has 0 bridgehead atoms. The van der Waals surface area contributed by atoms with Gasteiger partial charge in [0.05, 0.1) is 13.0 Å². The van der Waals surface area contributed by atoms with E-state index in [1.807, 2.05) is 24.3 Å². The molecule has 0 fully saturated rings. The van der Waals surface area contributed by atoms with E-state index in [9.17, 15) is 9.59 Å². The van der Waals surface area contributed by atoms with Crippen molar-refractivity contribution >= 4 is 11.9 Å². The Kier molecular flexibility index (Phi) is 7.32. The molecule has 2 rings (SSSR count). The molecule has 2 aromatic rings. The van der Waals surface area contributed by atoms with Gasteiger partial charge in [0, 0.05) is 24.9 Å². The number of hydrogen-bond acceptors (Lipinski definition) is 6. The van der Waals surface area contributed by atoms with E-state index in [1.165, 1.54) is 5.56 Å². The van der Waals surface area contributed by atoms with E-state index >= 15 is 0 Å². The van der Waals surface area contributed by atoms with E-state index in [2.05, 4.69) is 29.3 Å². The van der Waals surface area contributed by atoms with Crippen molar-refractivity contribution in [1.82, 2.24) is 15.5 Å². The molecule has 0 saturated carbocycles. The Balaban J connectivity index is 1.79. The molecule has 0 saturated heterocycles. The van der Waals surface area contributed by atoms with Gasteiger partial charge in [-0.2, -0.15) is 4.98 Å². The maximum absolute atomic E-state index is 11.8. The highest BCUT2D eigenvalue weighted by molar-refractivity contribution is 5.77. The smallest absolute Gasteiger partial charge is 0.307 e. The molecule has 0 aliphatic heterocycles. The molecule has 7 heteroatoms. The number of carbonyl (C=O) groups excluding carboxylic acids is 2. The first-order chi connectivity index (χ1) is 12.5. The third-order valence-corrected chi connectivity index (χ3v) is 3.83. The molecule has 26 heavy (non-hydrogen) atoms. The van der Waals surface area contributed by atoms with Gasteiger partial charge in [0.2, 0.25) is 17.6 Å². The van der Waals surface area contributed by atoms with E-state index in [4.69, 9.17) is 9.26 Å². The lowest BCUT2D eigenvalue weighted by Gasteiger charge is -2.04. The number of esters is 1. The zero-order chi connectivity index (χ0) is 18.9. The second-order valence-corrected chi connectivity index (χ2v) is 6.19. The summed E-state index contributed by atoms with van der Waals surface area (Å²) in [7, 11) is 0. The predicted octanol–water partition coefficient (Wildman–Crippen LogP) is 2.86. The fourth-order valence-electron chi connectivity index (χ4n) is 2.34. The second-order valence-electron chi connectivity index (χ2n) is 6.19. The van der Waals surface area contributed by atoms with Crippen LogP contribution >= 0.6 is 0 Å². The van der Waals surface area contributed by atoms with Gasteiger partial charge >= 0.3 is 5.97 Å². The summed E-state index contributed by atoms with van der Waals surface area (Å²) >= 11 is 0. The first-order valence-corrected chi connectivity index (χ1v) is 8.84. The molecule has 0 unspecified atom stereocenters. The number of aryl methyl sites for hydroxylation is 1. The average molecular weight is 359 g/mol. The molecule has 1 heterocycles. The van der Waals surface area contributed by atoms with Gasteiger partial charge in [-0.3, -0.25) is 9.59 Å². The summed E-state index contributed by atoms with van der Waals surface area (Å²) in [5, 5.41) is 6.63. The minimum atomic E-state index is -0.321. The molecule has 7 nitrogen and oxygen atoms in total. The van der Waals surface area contributed by atoms with Crippen LogP contribution in [0.5, 0.6) is 0 Å². The van der Waals surface area contributed by atoms with Crippen LogP contribution in [0, 0.1) is 0 Å². The minimum Gasteiger partial charge on any atom is -0.466 e. The third-order valence-electron chi connectivity index (χ3n) is 3.83. The monoisotopic (exact) mass is 359 g/mol. The van der Waals surface area contributed by atoms with Gasteiger partial charge in [-0.15, -0.1) is 0 Å². The summed E-state index contributed by atoms with van der Waals surface area (Å²) in [4.78, 5) is 27.3. The molecule has 0 aliphatic rings. The summed E-state index contributed by atoms with van der Waals surface area (Å²) in [6.45, 7) is 6.62. The van der Waals surface area contributed by atoms with E-state index in [-0.39, 0.29) is 31.3 Å². The van der Waals surface area contributed by atoms with E-state index < -0.39 is 0 Å². The number of ether oxygens (including phenoxy) is 1. The lowest BCUT2D eigenvalue weighted by molar-refractivity contribution is -0.143. The summed E-state index contributed by atoms with van der Waals surface area (Å²) in [6.07, 6.45) is 0.732. The molecule has 1 aromatic carbocycles. The topological polar surface area (TPSA) is 94.3 Å². The van der Waals surface area contributed by atoms with Crippen molar-refractivity contribution in [2.24, 2.45) is 0 Å². The van der Waals surface area contributed by atoms with Crippen LogP contribution in [0.25, 0.3) is 11.4 Å². The Labute approximate surface area is 153 Å². The normalized spacial score (nSPS) is 10.8. The summed E-state index contributed by atoms with van der Waals surface area (Å²) < 4.78 is 10.0. The lowest BCUT2D eigenvalue weighted by Crippen LogP contribution is -2.26. The van der Waals surface area contributed by atoms with Gasteiger partial charge in [-0.05, 0) is 18.4 Å². The zero-order valence-electron chi connectivity index (χ0n) is 15.4. The van der Waals surface area contributed by atoms with E-state index in [0.29, 0.717) is 30.7 Å². The second kappa shape index (κ2) is 9.70. The molecule has 0 radical (unpaired) electrons. The van der Waals surface area contributed by atoms with Crippen molar-refractivity contribution in [2.75, 3.05) is 13.2 Å². The Morgan fingerprint density at radius 1 is 1.19 bits per heavy atom. The maximum Gasteiger partial charge on any atom is 0.307 e. The minimum absolute atomic E-state index is 0.163. The van der Waals surface area contributed by atoms with Gasteiger partial charge in [0.1, 0.15) is 0 Å². The highest BCUT2D eigenvalue weighted by Gasteiger charge is 2.11. The first kappa shape index (κ1) is 19.6. The van der Waals surface area contributed by atoms with Crippen molar-refractivity contribution < 1.29 is 18.8 Å². The van der Waals surface area contributed by atoms with Crippen LogP contribution in [0.2, 0.25) is 0 Å². The standard InChI is InChI=1S/C19H25N3O4/c1-4-25-18(24)11-12-20-16(23)9-10-17-21-19(22-26-17)15-7-5-14(6-8-15)13(2)3/h5-8,13H,4,9-12H2,1-3H3,(H,20,23). The number of rotatable bonds is 9. The number of aromatic nitrogens is 2. The van der Waals surface area contributed by atoms with Crippen LogP contribution in [0.1, 0.15) is 51.0 Å². The van der Waals surface area contributed by atoms with Crippen molar-refractivity contribution in [3.8, 4) is 11.4 Å². The van der Waals surface area contributed by atoms with Crippen molar-refractivity contribution in [3.63, 3.8) is 0 Å². The van der Waals surface area contributed by atoms with Crippen LogP contribution < -0.4 is 5.32 Å². The zero-order valence-corrected chi connectivity index (χ0v) is 15.4. The van der Waals surface area contributed by atoms with Gasteiger partial charge < -0.3 is 14.6 Å². The number of nitrogens with zero attached hydrogens (tertiary/aromatic N) is 2. The molecule has 140 valence electrons. The Morgan fingerprint density at radius 3 is 2.58 bits per heavy atom. The summed E-state index contributed by atoms with van der Waals surface area (Å²) in [5.41, 5.74) is 2.13. The van der Waals surface area contributed by atoms with Crippen LogP contribution in [-0.2, 0) is 20.7 Å². The van der Waals surface area contributed by atoms with Crippen LogP contribution in [0.4, 0.5) is 0 Å². The van der Waals surface area contributed by atoms with E-state index in [0.717, 1.165) is 5.56 Å². The number of carbonyl (C=O) groups is 2. The molecule has 0 aliphatic carbocycles. The fraction of sp³-hybridized carbons (Fsp3) is 0.474. The van der Waals surface area contributed by atoms with Gasteiger partial charge in [-0.25, -0.2) is 0 Å². The number of amides is 1. The van der Waals surface area contributed by atoms with Gasteiger partial charge in [-0.1, -0.05) is 43.3 Å². The van der Waals surface area contributed by atoms with Crippen molar-refractivity contribution in [1.29, 1.82) is 0 Å². The maximum atomic E-state index is 11.8. The Bertz CT molecular complexity index is 723. The molecule has 1 aromatic heterocycles. The fourth-order valence-corrected chi connectivity index (χ4v) is 2.34. The predicted molar refractivity (Wildman–Crippen MR) is 96.4 cm³/mol. The quantitative estimate of drug-likeness (QED) is 0.692. The van der Waals surface area contributed by atoms with Gasteiger partial charge in [0.25, 0.3) is 0 Å². The average Bonchev–Trinajstić information content (AvgIpc) is 3.09. The molecule has 0 atom stereocenters. The number of benzene rings is 1. The molecule has 0 spiro atoms. The molecule has 1 amide bonds. The van der Waals surface area contributed by atoms with Crippen LogP contribution in [0.15, 0.2) is 28.8 Å². The Hall–Kier alpha value is -2.70. The van der Waals surface area contributed by atoms with Crippen LogP contribution in [-0.4, -0.2) is 35.2 Å². The number of hydrogen-bond donors (Lipinski definition) is 1. The van der Waals surface area contributed by atoms with Gasteiger partial charge in [0.15, 0.2) is 0 Å². The number of nitrogens with one attached hydrogen (secondary N) is 1. The molecule has 1 N–H and O–H groups in total. The SMILES string of the molecule is CCOC(=O)CCNC(=O)CCc1nc(-c2ccc(C(C)C)cc2)no1.